The van der Waals surface area contributed by atoms with Gasteiger partial charge in [0, 0.05) is 19.0 Å². The molecule has 4 nitrogen and oxygen atoms in total. The van der Waals surface area contributed by atoms with Crippen LogP contribution in [0.5, 0.6) is 5.75 Å². The molecule has 0 unspecified atom stereocenters. The molecule has 2 aliphatic rings. The highest BCUT2D eigenvalue weighted by Crippen LogP contribution is 2.42. The summed E-state index contributed by atoms with van der Waals surface area (Å²) in [6.45, 7) is 2.66. The number of likely N-dealkylation sites (tertiary alicyclic amines) is 1. The maximum atomic E-state index is 13.3. The third kappa shape index (κ3) is 3.59. The minimum atomic E-state index is -0.870. The number of carbonyl (C=O) groups is 1. The van der Waals surface area contributed by atoms with Gasteiger partial charge in [0.1, 0.15) is 11.2 Å². The molecule has 0 aromatic heterocycles. The molecule has 2 N–H and O–H groups in total. The van der Waals surface area contributed by atoms with Crippen LogP contribution in [0.1, 0.15) is 35.1 Å². The van der Waals surface area contributed by atoms with E-state index in [1.807, 2.05) is 36.4 Å². The molecule has 32 heavy (non-hydrogen) atoms. The molecule has 0 aliphatic carbocycles. The maximum absolute atomic E-state index is 13.3. The Hall–Kier alpha value is -3.11. The Bertz CT molecular complexity index is 1040. The van der Waals surface area contributed by atoms with E-state index in [0.29, 0.717) is 0 Å². The Balaban J connectivity index is 1.49. The van der Waals surface area contributed by atoms with E-state index < -0.39 is 5.41 Å². The van der Waals surface area contributed by atoms with Gasteiger partial charge in [-0.3, -0.25) is 9.69 Å². The van der Waals surface area contributed by atoms with Crippen LogP contribution in [0.25, 0.3) is 0 Å². The van der Waals surface area contributed by atoms with Crippen LogP contribution in [-0.2, 0) is 23.1 Å². The van der Waals surface area contributed by atoms with E-state index in [4.69, 9.17) is 10.5 Å². The van der Waals surface area contributed by atoms with Crippen molar-refractivity contribution in [3.8, 4) is 5.75 Å². The van der Waals surface area contributed by atoms with Gasteiger partial charge in [0.05, 0.1) is 6.61 Å². The topological polar surface area (TPSA) is 55.6 Å². The molecule has 1 saturated heterocycles. The van der Waals surface area contributed by atoms with E-state index in [2.05, 4.69) is 47.4 Å². The summed E-state index contributed by atoms with van der Waals surface area (Å²) in [5.74, 6) is 0.746. The van der Waals surface area contributed by atoms with Gasteiger partial charge in [-0.2, -0.15) is 0 Å². The van der Waals surface area contributed by atoms with E-state index in [0.717, 1.165) is 62.3 Å². The zero-order valence-electron chi connectivity index (χ0n) is 18.4. The molecular formula is C28H30N2O2. The SMILES string of the molecule is NC(=O)C(c1ccccc1)(c1ccccc1)[C@@H]1CCCN1CCc1ccc2c(c1)CCO2. The van der Waals surface area contributed by atoms with E-state index in [9.17, 15) is 4.79 Å². The van der Waals surface area contributed by atoms with Gasteiger partial charge < -0.3 is 10.5 Å². The Kier molecular flexibility index (Phi) is 5.71. The Morgan fingerprint density at radius 2 is 1.69 bits per heavy atom. The molecule has 1 atom stereocenters. The molecule has 1 amide bonds. The van der Waals surface area contributed by atoms with E-state index in [-0.39, 0.29) is 11.9 Å². The maximum Gasteiger partial charge on any atom is 0.234 e. The number of primary amides is 1. The molecule has 0 spiro atoms. The van der Waals surface area contributed by atoms with Crippen molar-refractivity contribution in [1.82, 2.24) is 4.90 Å². The Labute approximate surface area is 190 Å². The van der Waals surface area contributed by atoms with Crippen LogP contribution in [0.3, 0.4) is 0 Å². The molecule has 3 aromatic rings. The van der Waals surface area contributed by atoms with Crippen molar-refractivity contribution >= 4 is 5.91 Å². The summed E-state index contributed by atoms with van der Waals surface area (Å²) in [5.41, 5.74) is 9.98. The number of carbonyl (C=O) groups excluding carboxylic acids is 1. The summed E-state index contributed by atoms with van der Waals surface area (Å²) < 4.78 is 5.66. The third-order valence-corrected chi connectivity index (χ3v) is 7.15. The van der Waals surface area contributed by atoms with Crippen LogP contribution in [-0.4, -0.2) is 36.5 Å². The lowest BCUT2D eigenvalue weighted by atomic mass is 9.67. The monoisotopic (exact) mass is 426 g/mol. The molecule has 0 radical (unpaired) electrons. The predicted octanol–water partition coefficient (Wildman–Crippen LogP) is 4.10. The normalized spacial score (nSPS) is 18.3. The van der Waals surface area contributed by atoms with Crippen molar-refractivity contribution in [3.05, 3.63) is 101 Å². The van der Waals surface area contributed by atoms with Crippen molar-refractivity contribution < 1.29 is 9.53 Å². The van der Waals surface area contributed by atoms with Crippen molar-refractivity contribution in [2.45, 2.75) is 37.1 Å². The fourth-order valence-electron chi connectivity index (χ4n) is 5.65. The van der Waals surface area contributed by atoms with Gasteiger partial charge in [-0.1, -0.05) is 72.8 Å². The fourth-order valence-corrected chi connectivity index (χ4v) is 5.65. The zero-order valence-corrected chi connectivity index (χ0v) is 18.4. The van der Waals surface area contributed by atoms with Crippen molar-refractivity contribution in [2.24, 2.45) is 5.73 Å². The highest BCUT2D eigenvalue weighted by molar-refractivity contribution is 5.92. The summed E-state index contributed by atoms with van der Waals surface area (Å²) in [4.78, 5) is 15.8. The third-order valence-electron chi connectivity index (χ3n) is 7.15. The molecule has 164 valence electrons. The predicted molar refractivity (Wildman–Crippen MR) is 127 cm³/mol. The van der Waals surface area contributed by atoms with Crippen LogP contribution in [0.4, 0.5) is 0 Å². The van der Waals surface area contributed by atoms with E-state index in [1.165, 1.54) is 11.1 Å². The first-order valence-electron chi connectivity index (χ1n) is 11.6. The van der Waals surface area contributed by atoms with Crippen molar-refractivity contribution in [2.75, 3.05) is 19.7 Å². The first kappa shape index (κ1) is 20.8. The standard InChI is InChI=1S/C28H30N2O2/c29-27(31)28(23-8-3-1-4-9-23,24-10-5-2-6-11-24)26-12-7-17-30(26)18-15-21-13-14-25-22(20-21)16-19-32-25/h1-6,8-11,13-14,20,26H,7,12,15-19H2,(H2,29,31)/t26-/m0/s1. The molecule has 2 aliphatic heterocycles. The number of ether oxygens (including phenoxy) is 1. The van der Waals surface area contributed by atoms with Crippen LogP contribution in [0.15, 0.2) is 78.9 Å². The van der Waals surface area contributed by atoms with Gasteiger partial charge in [-0.05, 0) is 54.1 Å². The second kappa shape index (κ2) is 8.79. The lowest BCUT2D eigenvalue weighted by Crippen LogP contribution is -2.56. The number of hydrogen-bond acceptors (Lipinski definition) is 3. The van der Waals surface area contributed by atoms with Crippen LogP contribution in [0.2, 0.25) is 0 Å². The second-order valence-electron chi connectivity index (χ2n) is 8.89. The van der Waals surface area contributed by atoms with E-state index in [1.54, 1.807) is 0 Å². The van der Waals surface area contributed by atoms with Crippen LogP contribution < -0.4 is 10.5 Å². The number of rotatable bonds is 7. The van der Waals surface area contributed by atoms with Gasteiger partial charge in [0.25, 0.3) is 0 Å². The average molecular weight is 427 g/mol. The number of fused-ring (bicyclic) bond motifs is 1. The molecule has 3 aromatic carbocycles. The summed E-state index contributed by atoms with van der Waals surface area (Å²) in [5, 5.41) is 0. The number of benzene rings is 3. The quantitative estimate of drug-likeness (QED) is 0.619. The number of nitrogens with two attached hydrogens (primary N) is 1. The molecule has 4 heteroatoms. The summed E-state index contributed by atoms with van der Waals surface area (Å²) in [6.07, 6.45) is 3.95. The van der Waals surface area contributed by atoms with Gasteiger partial charge in [-0.15, -0.1) is 0 Å². The van der Waals surface area contributed by atoms with Gasteiger partial charge in [0.2, 0.25) is 5.91 Å². The van der Waals surface area contributed by atoms with Crippen LogP contribution in [0, 0.1) is 0 Å². The molecular weight excluding hydrogens is 396 g/mol. The van der Waals surface area contributed by atoms with Gasteiger partial charge in [-0.25, -0.2) is 0 Å². The fraction of sp³-hybridized carbons (Fsp3) is 0.321. The Morgan fingerprint density at radius 1 is 1.00 bits per heavy atom. The minimum absolute atomic E-state index is 0.0301. The van der Waals surface area contributed by atoms with Crippen molar-refractivity contribution in [1.29, 1.82) is 0 Å². The minimum Gasteiger partial charge on any atom is -0.493 e. The second-order valence-corrected chi connectivity index (χ2v) is 8.89. The highest BCUT2D eigenvalue weighted by atomic mass is 16.5. The van der Waals surface area contributed by atoms with E-state index >= 15 is 0 Å². The average Bonchev–Trinajstić information content (AvgIpc) is 3.49. The molecule has 1 fully saturated rings. The number of amides is 1. The molecule has 0 saturated carbocycles. The summed E-state index contributed by atoms with van der Waals surface area (Å²) >= 11 is 0. The first-order chi connectivity index (χ1) is 15.7. The van der Waals surface area contributed by atoms with Crippen LogP contribution >= 0.6 is 0 Å². The highest BCUT2D eigenvalue weighted by Gasteiger charge is 2.51. The smallest absolute Gasteiger partial charge is 0.234 e. The number of nitrogens with zero attached hydrogens (tertiary/aromatic N) is 1. The lowest BCUT2D eigenvalue weighted by molar-refractivity contribution is -0.124. The number of hydrogen-bond donors (Lipinski definition) is 1. The lowest BCUT2D eigenvalue weighted by Gasteiger charge is -2.42. The molecule has 5 rings (SSSR count). The Morgan fingerprint density at radius 3 is 2.34 bits per heavy atom. The summed E-state index contributed by atoms with van der Waals surface area (Å²) in [6, 6.07) is 26.8. The molecule has 0 bridgehead atoms. The largest absolute Gasteiger partial charge is 0.493 e. The van der Waals surface area contributed by atoms with Crippen molar-refractivity contribution in [3.63, 3.8) is 0 Å². The van der Waals surface area contributed by atoms with Gasteiger partial charge in [0.15, 0.2) is 0 Å². The van der Waals surface area contributed by atoms with Gasteiger partial charge >= 0.3 is 0 Å². The first-order valence-corrected chi connectivity index (χ1v) is 11.6. The zero-order chi connectivity index (χ0) is 22.0. The summed E-state index contributed by atoms with van der Waals surface area (Å²) in [7, 11) is 0. The molecule has 2 heterocycles.